The monoisotopic (exact) mass is 288 g/mol. The first-order valence-electron chi connectivity index (χ1n) is 3.30. The number of carboxylic acid groups (broad SMARTS) is 3. The smallest absolute Gasteiger partial charge is 1.00 e. The summed E-state index contributed by atoms with van der Waals surface area (Å²) < 4.78 is 0. The van der Waals surface area contributed by atoms with Gasteiger partial charge in [0.15, 0.2) is 6.10 Å². The SMILES string of the molecule is O=C(O)CC(O)(C(=O)O)C(O)C(=O)O.[H-].[H-].[K+].[K+]. The van der Waals surface area contributed by atoms with Crippen LogP contribution in [0.15, 0.2) is 0 Å². The molecular weight excluding hydrogens is 278 g/mol. The topological polar surface area (TPSA) is 152 Å². The van der Waals surface area contributed by atoms with Crippen LogP contribution in [-0.2, 0) is 14.4 Å². The molecule has 0 spiro atoms. The van der Waals surface area contributed by atoms with Crippen molar-refractivity contribution in [3.05, 3.63) is 0 Å². The molecule has 0 aromatic carbocycles. The zero-order valence-corrected chi connectivity index (χ0v) is 15.0. The fraction of sp³-hybridized carbons (Fsp3) is 0.500. The van der Waals surface area contributed by atoms with Gasteiger partial charge in [-0.15, -0.1) is 0 Å². The number of aliphatic hydroxyl groups is 2. The largest absolute Gasteiger partial charge is 1.00 e. The number of rotatable bonds is 5. The molecule has 84 valence electrons. The number of carboxylic acids is 3. The Morgan fingerprint density at radius 3 is 1.69 bits per heavy atom. The van der Waals surface area contributed by atoms with Crippen LogP contribution in [0, 0.1) is 0 Å². The first-order chi connectivity index (χ1) is 6.21. The van der Waals surface area contributed by atoms with Crippen molar-refractivity contribution in [3.63, 3.8) is 0 Å². The summed E-state index contributed by atoms with van der Waals surface area (Å²) in [5.74, 6) is -5.87. The van der Waals surface area contributed by atoms with Gasteiger partial charge in [0.05, 0.1) is 6.42 Å². The van der Waals surface area contributed by atoms with Crippen LogP contribution in [0.5, 0.6) is 0 Å². The summed E-state index contributed by atoms with van der Waals surface area (Å²) >= 11 is 0. The Balaban J connectivity index is -0.000000141. The van der Waals surface area contributed by atoms with Crippen LogP contribution in [0.2, 0.25) is 0 Å². The van der Waals surface area contributed by atoms with Gasteiger partial charge < -0.3 is 28.4 Å². The number of aliphatic hydroxyl groups excluding tert-OH is 1. The molecule has 8 nitrogen and oxygen atoms in total. The third kappa shape index (κ3) is 6.51. The summed E-state index contributed by atoms with van der Waals surface area (Å²) in [5.41, 5.74) is -3.22. The molecule has 0 saturated carbocycles. The van der Waals surface area contributed by atoms with Crippen molar-refractivity contribution in [2.75, 3.05) is 0 Å². The Morgan fingerprint density at radius 2 is 1.50 bits per heavy atom. The second-order valence-electron chi connectivity index (χ2n) is 2.54. The molecule has 10 heteroatoms. The predicted molar refractivity (Wildman–Crippen MR) is 40.7 cm³/mol. The van der Waals surface area contributed by atoms with Crippen molar-refractivity contribution in [2.24, 2.45) is 0 Å². The second-order valence-corrected chi connectivity index (χ2v) is 2.54. The normalized spacial score (nSPS) is 14.6. The molecule has 0 aliphatic rings. The minimum atomic E-state index is -3.22. The predicted octanol–water partition coefficient (Wildman–Crippen LogP) is -8.04. The number of hydrogen-bond donors (Lipinski definition) is 5. The Morgan fingerprint density at radius 1 is 1.12 bits per heavy atom. The molecule has 2 unspecified atom stereocenters. The molecule has 16 heavy (non-hydrogen) atoms. The molecule has 5 N–H and O–H groups in total. The van der Waals surface area contributed by atoms with Crippen LogP contribution in [0.3, 0.4) is 0 Å². The summed E-state index contributed by atoms with van der Waals surface area (Å²) in [6.45, 7) is 0. The fourth-order valence-corrected chi connectivity index (χ4v) is 0.724. The maximum atomic E-state index is 10.4. The van der Waals surface area contributed by atoms with E-state index in [4.69, 9.17) is 25.5 Å². The Kier molecular flexibility index (Phi) is 13.5. The van der Waals surface area contributed by atoms with E-state index in [0.717, 1.165) is 0 Å². The number of aliphatic carboxylic acids is 3. The number of hydrogen-bond acceptors (Lipinski definition) is 5. The van der Waals surface area contributed by atoms with E-state index >= 15 is 0 Å². The molecule has 0 bridgehead atoms. The summed E-state index contributed by atoms with van der Waals surface area (Å²) in [4.78, 5) is 30.7. The van der Waals surface area contributed by atoms with E-state index in [9.17, 15) is 14.4 Å². The van der Waals surface area contributed by atoms with Crippen LogP contribution in [-0.4, -0.2) is 55.1 Å². The van der Waals surface area contributed by atoms with Crippen LogP contribution < -0.4 is 103 Å². The average molecular weight is 288 g/mol. The Labute approximate surface area is 178 Å². The molecule has 0 amide bonds. The molecule has 0 radical (unpaired) electrons. The van der Waals surface area contributed by atoms with Crippen molar-refractivity contribution in [1.82, 2.24) is 0 Å². The zero-order valence-electron chi connectivity index (χ0n) is 10.7. The average Bonchev–Trinajstić information content (AvgIpc) is 2.00. The first kappa shape index (κ1) is 22.8. The van der Waals surface area contributed by atoms with Gasteiger partial charge in [-0.05, 0) is 0 Å². The maximum Gasteiger partial charge on any atom is 1.00 e. The second kappa shape index (κ2) is 9.52. The Bertz CT molecular complexity index is 289. The van der Waals surface area contributed by atoms with E-state index < -0.39 is 36.0 Å². The van der Waals surface area contributed by atoms with Gasteiger partial charge in [0.25, 0.3) is 0 Å². The van der Waals surface area contributed by atoms with E-state index in [-0.39, 0.29) is 106 Å². The van der Waals surface area contributed by atoms with E-state index in [1.807, 2.05) is 0 Å². The van der Waals surface area contributed by atoms with Crippen molar-refractivity contribution in [1.29, 1.82) is 0 Å². The molecule has 0 aromatic rings. The molecule has 2 atom stereocenters. The van der Waals surface area contributed by atoms with Crippen LogP contribution in [0.25, 0.3) is 0 Å². The van der Waals surface area contributed by atoms with Crippen LogP contribution in [0.1, 0.15) is 9.27 Å². The molecular formula is C6H10K2O8. The first-order valence-corrected chi connectivity index (χ1v) is 3.30. The molecule has 0 fully saturated rings. The quantitative estimate of drug-likeness (QED) is 0.313. The molecule has 0 rings (SSSR count). The molecule has 0 saturated heterocycles. The third-order valence-electron chi connectivity index (χ3n) is 1.48. The fourth-order valence-electron chi connectivity index (χ4n) is 0.724. The standard InChI is InChI=1S/C6H8O8.2K.2H/c7-2(8)1-6(14,5(12)13)3(9)4(10)11;;;;/h3,9,14H,1H2,(H,7,8)(H,10,11)(H,12,13);;;;/q;2*+1;2*-1. The van der Waals surface area contributed by atoms with Gasteiger partial charge in [-0.2, -0.15) is 0 Å². The molecule has 0 aromatic heterocycles. The Hall–Kier alpha value is 1.60. The summed E-state index contributed by atoms with van der Waals surface area (Å²) in [7, 11) is 0. The van der Waals surface area contributed by atoms with Gasteiger partial charge in [-0.1, -0.05) is 0 Å². The molecule has 0 heterocycles. The van der Waals surface area contributed by atoms with Crippen molar-refractivity contribution in [2.45, 2.75) is 18.1 Å². The van der Waals surface area contributed by atoms with E-state index in [0.29, 0.717) is 0 Å². The van der Waals surface area contributed by atoms with E-state index in [1.165, 1.54) is 0 Å². The van der Waals surface area contributed by atoms with Gasteiger partial charge in [0, 0.05) is 0 Å². The molecule has 0 aliphatic heterocycles. The van der Waals surface area contributed by atoms with Gasteiger partial charge in [-0.25, -0.2) is 9.59 Å². The zero-order chi connectivity index (χ0) is 11.5. The minimum absolute atomic E-state index is 0. The van der Waals surface area contributed by atoms with Gasteiger partial charge in [0.2, 0.25) is 5.60 Å². The van der Waals surface area contributed by atoms with E-state index in [1.54, 1.807) is 0 Å². The van der Waals surface area contributed by atoms with Crippen molar-refractivity contribution < 1.29 is 146 Å². The maximum absolute atomic E-state index is 10.4. The van der Waals surface area contributed by atoms with Crippen molar-refractivity contribution in [3.8, 4) is 0 Å². The third-order valence-corrected chi connectivity index (χ3v) is 1.48. The molecule has 0 aliphatic carbocycles. The van der Waals surface area contributed by atoms with Gasteiger partial charge in [0.1, 0.15) is 0 Å². The summed E-state index contributed by atoms with van der Waals surface area (Å²) in [6.07, 6.45) is -4.11. The minimum Gasteiger partial charge on any atom is -1.00 e. The van der Waals surface area contributed by atoms with Gasteiger partial charge in [-0.3, -0.25) is 4.79 Å². The number of carbonyl (C=O) groups is 3. The summed E-state index contributed by atoms with van der Waals surface area (Å²) in [5, 5.41) is 42.6. The van der Waals surface area contributed by atoms with Crippen molar-refractivity contribution >= 4 is 17.9 Å². The van der Waals surface area contributed by atoms with Gasteiger partial charge >= 0.3 is 121 Å². The summed E-state index contributed by atoms with van der Waals surface area (Å²) in [6, 6.07) is 0. The van der Waals surface area contributed by atoms with Crippen LogP contribution >= 0.6 is 0 Å². The van der Waals surface area contributed by atoms with E-state index in [2.05, 4.69) is 0 Å². The van der Waals surface area contributed by atoms with Crippen LogP contribution in [0.4, 0.5) is 0 Å².